The summed E-state index contributed by atoms with van der Waals surface area (Å²) in [6.45, 7) is 3.13. The van der Waals surface area contributed by atoms with Gasteiger partial charge in [0, 0.05) is 48.7 Å². The number of carbonyl (C=O) groups excluding carboxylic acids is 3. The van der Waals surface area contributed by atoms with E-state index in [-0.39, 0.29) is 49.0 Å². The summed E-state index contributed by atoms with van der Waals surface area (Å²) in [7, 11) is 0. The van der Waals surface area contributed by atoms with E-state index in [2.05, 4.69) is 29.2 Å². The number of ketones is 2. The van der Waals surface area contributed by atoms with Crippen molar-refractivity contribution in [3.63, 3.8) is 0 Å². The molecule has 0 aliphatic carbocycles. The summed E-state index contributed by atoms with van der Waals surface area (Å²) in [5.74, 6) is -4.85. The Morgan fingerprint density at radius 2 is 1.24 bits per heavy atom. The average Bonchev–Trinajstić information content (AvgIpc) is 3.20. The van der Waals surface area contributed by atoms with Crippen molar-refractivity contribution in [2.75, 3.05) is 4.90 Å². The van der Waals surface area contributed by atoms with Crippen molar-refractivity contribution >= 4 is 29.1 Å². The molecule has 0 heterocycles. The Balaban J connectivity index is 1.38. The second kappa shape index (κ2) is 19.5. The van der Waals surface area contributed by atoms with Crippen LogP contribution in [-0.4, -0.2) is 39.3 Å². The smallest absolute Gasteiger partial charge is 0.314 e. The quantitative estimate of drug-likeness (QED) is 0.0507. The molecule has 0 aliphatic rings. The summed E-state index contributed by atoms with van der Waals surface area (Å²) in [6.07, 6.45) is 0.983. The highest BCUT2D eigenvalue weighted by Crippen LogP contribution is 2.36. The van der Waals surface area contributed by atoms with Gasteiger partial charge in [-0.2, -0.15) is 0 Å². The first-order valence-corrected chi connectivity index (χ1v) is 18.9. The van der Waals surface area contributed by atoms with E-state index in [4.69, 9.17) is 5.73 Å². The zero-order chi connectivity index (χ0) is 39.2. The van der Waals surface area contributed by atoms with Crippen LogP contribution in [0.3, 0.4) is 0 Å². The molecule has 0 fully saturated rings. The number of nitrogens with two attached hydrogens (primary N) is 1. The molecule has 4 N–H and O–H groups in total. The highest BCUT2D eigenvalue weighted by atomic mass is 16.4. The van der Waals surface area contributed by atoms with E-state index >= 15 is 0 Å². The molecule has 5 aromatic carbocycles. The molecule has 5 rings (SSSR count). The summed E-state index contributed by atoms with van der Waals surface area (Å²) in [6, 6.07) is 44.0. The highest BCUT2D eigenvalue weighted by Gasteiger charge is 2.40. The molecule has 284 valence electrons. The molecule has 8 nitrogen and oxygen atoms in total. The number of rotatable bonds is 21. The van der Waals surface area contributed by atoms with Crippen molar-refractivity contribution in [1.29, 1.82) is 0 Å². The number of carbonyl (C=O) groups is 4. The van der Waals surface area contributed by atoms with Crippen LogP contribution in [0.15, 0.2) is 140 Å². The fraction of sp³-hybridized carbons (Fsp3) is 0.277. The molecular formula is C47H50N2O6. The number of amides is 1. The van der Waals surface area contributed by atoms with Gasteiger partial charge < -0.3 is 20.8 Å². The molecule has 0 unspecified atom stereocenters. The summed E-state index contributed by atoms with van der Waals surface area (Å²) in [5.41, 5.74) is 9.12. The minimum Gasteiger partial charge on any atom is -0.481 e. The number of carboxylic acids is 1. The summed E-state index contributed by atoms with van der Waals surface area (Å²) in [4.78, 5) is 54.7. The Morgan fingerprint density at radius 1 is 0.691 bits per heavy atom. The van der Waals surface area contributed by atoms with Crippen LogP contribution in [0.2, 0.25) is 0 Å². The number of Topliss-reactive ketones (excluding diaryl/α,β-unsaturated/α-hetero) is 2. The fourth-order valence-electron chi connectivity index (χ4n) is 7.41. The second-order valence-corrected chi connectivity index (χ2v) is 14.3. The first-order valence-electron chi connectivity index (χ1n) is 18.9. The van der Waals surface area contributed by atoms with Gasteiger partial charge in [-0.25, -0.2) is 0 Å². The van der Waals surface area contributed by atoms with Gasteiger partial charge in [0.2, 0.25) is 5.91 Å². The van der Waals surface area contributed by atoms with Gasteiger partial charge in [0.1, 0.15) is 5.92 Å². The van der Waals surface area contributed by atoms with Crippen molar-refractivity contribution in [3.8, 4) is 0 Å². The molecular weight excluding hydrogens is 689 g/mol. The summed E-state index contributed by atoms with van der Waals surface area (Å²) in [5, 5.41) is 22.7. The largest absolute Gasteiger partial charge is 0.481 e. The topological polar surface area (TPSA) is 138 Å². The lowest BCUT2D eigenvalue weighted by Gasteiger charge is -2.31. The zero-order valence-electron chi connectivity index (χ0n) is 31.3. The Labute approximate surface area is 323 Å². The lowest BCUT2D eigenvalue weighted by atomic mass is 9.76. The molecule has 0 saturated carbocycles. The Hall–Kier alpha value is -5.86. The maximum absolute atomic E-state index is 14.3. The van der Waals surface area contributed by atoms with Crippen molar-refractivity contribution < 1.29 is 29.4 Å². The average molecular weight is 739 g/mol. The molecule has 3 atom stereocenters. The number of benzene rings is 5. The fourth-order valence-corrected chi connectivity index (χ4v) is 7.41. The van der Waals surface area contributed by atoms with Crippen molar-refractivity contribution in [2.45, 2.75) is 76.5 Å². The maximum Gasteiger partial charge on any atom is 0.314 e. The third kappa shape index (κ3) is 11.3. The number of anilines is 1. The number of nitrogens with zero attached hydrogens (tertiary/aromatic N) is 1. The van der Waals surface area contributed by atoms with Gasteiger partial charge >= 0.3 is 5.97 Å². The number of aliphatic hydroxyl groups is 1. The lowest BCUT2D eigenvalue weighted by Crippen LogP contribution is -2.39. The van der Waals surface area contributed by atoms with Crippen molar-refractivity contribution in [3.05, 3.63) is 173 Å². The minimum atomic E-state index is -1.58. The third-order valence-electron chi connectivity index (χ3n) is 10.3. The van der Waals surface area contributed by atoms with Crippen LogP contribution in [-0.2, 0) is 29.1 Å². The standard InChI is InChI=1S/C47H50N2O6/c1-2-39(37-22-14-23-38(30-37)49(32-35-18-8-4-9-19-35)33-36-20-10-5-11-21-36)44(46(53)54)43(51)31-47(55,29-27-34-16-6-3-7-17-34)28-15-26-42(50)40-24-12-13-25-41(40)45(48)52/h3-14,16-25,30,39,44,55H,2,15,26-29,31-33H2,1H3,(H2,48,52)(H,53,54)/t39-,44+,47-/m1/s1. The Kier molecular flexibility index (Phi) is 14.3. The number of aliphatic carboxylic acids is 1. The van der Waals surface area contributed by atoms with E-state index in [0.717, 1.165) is 27.9 Å². The second-order valence-electron chi connectivity index (χ2n) is 14.3. The number of hydrogen-bond donors (Lipinski definition) is 3. The molecule has 0 aromatic heterocycles. The normalized spacial score (nSPS) is 13.3. The Bertz CT molecular complexity index is 1990. The number of carboxylic acid groups (broad SMARTS) is 1. The predicted octanol–water partition coefficient (Wildman–Crippen LogP) is 8.56. The van der Waals surface area contributed by atoms with Crippen LogP contribution < -0.4 is 10.6 Å². The third-order valence-corrected chi connectivity index (χ3v) is 10.3. The molecule has 0 bridgehead atoms. The van der Waals surface area contributed by atoms with E-state index in [0.29, 0.717) is 25.9 Å². The summed E-state index contributed by atoms with van der Waals surface area (Å²) < 4.78 is 0. The Morgan fingerprint density at radius 3 is 1.78 bits per heavy atom. The molecule has 0 aliphatic heterocycles. The molecule has 8 heteroatoms. The molecule has 0 spiro atoms. The van der Waals surface area contributed by atoms with E-state index in [1.807, 2.05) is 97.9 Å². The predicted molar refractivity (Wildman–Crippen MR) is 216 cm³/mol. The van der Waals surface area contributed by atoms with Crippen molar-refractivity contribution in [1.82, 2.24) is 0 Å². The van der Waals surface area contributed by atoms with Crippen LogP contribution >= 0.6 is 0 Å². The molecule has 55 heavy (non-hydrogen) atoms. The van der Waals surface area contributed by atoms with Crippen molar-refractivity contribution in [2.24, 2.45) is 11.7 Å². The minimum absolute atomic E-state index is 0.0152. The van der Waals surface area contributed by atoms with Crippen LogP contribution in [0.25, 0.3) is 0 Å². The van der Waals surface area contributed by atoms with Crippen LogP contribution in [0, 0.1) is 5.92 Å². The lowest BCUT2D eigenvalue weighted by molar-refractivity contribution is -0.149. The van der Waals surface area contributed by atoms with Crippen LogP contribution in [0.1, 0.15) is 94.3 Å². The van der Waals surface area contributed by atoms with E-state index < -0.39 is 35.1 Å². The van der Waals surface area contributed by atoms with Crippen LogP contribution in [0.4, 0.5) is 5.69 Å². The van der Waals surface area contributed by atoms with Gasteiger partial charge in [-0.1, -0.05) is 128 Å². The first-order chi connectivity index (χ1) is 26.6. The monoisotopic (exact) mass is 738 g/mol. The van der Waals surface area contributed by atoms with E-state index in [9.17, 15) is 29.4 Å². The number of primary amides is 1. The molecule has 0 radical (unpaired) electrons. The maximum atomic E-state index is 14.3. The van der Waals surface area contributed by atoms with E-state index in [1.165, 1.54) is 6.07 Å². The van der Waals surface area contributed by atoms with Gasteiger partial charge in [0.25, 0.3) is 0 Å². The summed E-state index contributed by atoms with van der Waals surface area (Å²) >= 11 is 0. The first kappa shape index (κ1) is 40.3. The number of hydrogen-bond acceptors (Lipinski definition) is 6. The highest BCUT2D eigenvalue weighted by molar-refractivity contribution is 6.07. The van der Waals surface area contributed by atoms with Gasteiger partial charge in [-0.05, 0) is 72.6 Å². The van der Waals surface area contributed by atoms with Gasteiger partial charge in [0.15, 0.2) is 11.6 Å². The van der Waals surface area contributed by atoms with Gasteiger partial charge in [0.05, 0.1) is 5.60 Å². The SMILES string of the molecule is CC[C@H](c1cccc(N(Cc2ccccc2)Cc2ccccc2)c1)[C@H](C(=O)O)C(=O)C[C@@](O)(CCCC(=O)c1ccccc1C(N)=O)CCc1ccccc1. The van der Waals surface area contributed by atoms with E-state index in [1.54, 1.807) is 18.2 Å². The molecule has 1 amide bonds. The van der Waals surface area contributed by atoms with Gasteiger partial charge in [-0.3, -0.25) is 19.2 Å². The zero-order valence-corrected chi connectivity index (χ0v) is 31.3. The van der Waals surface area contributed by atoms with Gasteiger partial charge in [-0.15, -0.1) is 0 Å². The van der Waals surface area contributed by atoms with Crippen LogP contribution in [0.5, 0.6) is 0 Å². The number of aryl methyl sites for hydroxylation is 1. The molecule has 0 saturated heterocycles. The molecule has 5 aromatic rings.